The summed E-state index contributed by atoms with van der Waals surface area (Å²) in [7, 11) is 0. The normalized spacial score (nSPS) is 14.5. The quantitative estimate of drug-likeness (QED) is 0.588. The van der Waals surface area contributed by atoms with Crippen molar-refractivity contribution in [2.24, 2.45) is 0 Å². The van der Waals surface area contributed by atoms with Gasteiger partial charge in [0.15, 0.2) is 0 Å². The molecule has 2 heteroatoms. The summed E-state index contributed by atoms with van der Waals surface area (Å²) >= 11 is 5.39. The third-order valence-electron chi connectivity index (χ3n) is 2.42. The number of alkyl halides is 1. The van der Waals surface area contributed by atoms with Crippen LogP contribution < -0.4 is 0 Å². The summed E-state index contributed by atoms with van der Waals surface area (Å²) in [4.78, 5) is 1.43. The maximum absolute atomic E-state index is 3.45. The molecule has 70 valence electrons. The first kappa shape index (κ1) is 9.60. The number of rotatable bonds is 3. The first-order chi connectivity index (χ1) is 6.40. The third-order valence-corrected chi connectivity index (χ3v) is 4.33. The number of benzene rings is 1. The zero-order chi connectivity index (χ0) is 9.10. The van der Waals surface area contributed by atoms with Crippen molar-refractivity contribution in [3.05, 3.63) is 29.3 Å². The Hall–Kier alpha value is 0.0500. The van der Waals surface area contributed by atoms with Crippen molar-refractivity contribution in [1.29, 1.82) is 0 Å². The molecule has 1 aromatic carbocycles. The number of fused-ring (bicyclic) bond motifs is 1. The van der Waals surface area contributed by atoms with Crippen LogP contribution in [0.15, 0.2) is 23.1 Å². The maximum Gasteiger partial charge on any atom is 0.0126 e. The average molecular weight is 257 g/mol. The molecule has 0 heterocycles. The van der Waals surface area contributed by atoms with Crippen molar-refractivity contribution in [2.45, 2.75) is 24.2 Å². The molecule has 0 spiro atoms. The van der Waals surface area contributed by atoms with Gasteiger partial charge in [-0.2, -0.15) is 0 Å². The van der Waals surface area contributed by atoms with Crippen molar-refractivity contribution < 1.29 is 0 Å². The molecule has 0 amide bonds. The van der Waals surface area contributed by atoms with Gasteiger partial charge >= 0.3 is 0 Å². The summed E-state index contributed by atoms with van der Waals surface area (Å²) in [6.07, 6.45) is 3.93. The summed E-state index contributed by atoms with van der Waals surface area (Å²) in [5.41, 5.74) is 3.16. The molecule has 2 rings (SSSR count). The molecule has 0 bridgehead atoms. The van der Waals surface area contributed by atoms with E-state index in [9.17, 15) is 0 Å². The summed E-state index contributed by atoms with van der Waals surface area (Å²) in [5.74, 6) is 1.17. The van der Waals surface area contributed by atoms with E-state index in [-0.39, 0.29) is 0 Å². The Labute approximate surface area is 92.2 Å². The van der Waals surface area contributed by atoms with Gasteiger partial charge in [0, 0.05) is 16.0 Å². The Morgan fingerprint density at radius 3 is 2.92 bits per heavy atom. The van der Waals surface area contributed by atoms with Gasteiger partial charge < -0.3 is 0 Å². The van der Waals surface area contributed by atoms with E-state index in [0.717, 1.165) is 5.33 Å². The molecule has 0 unspecified atom stereocenters. The largest absolute Gasteiger partial charge is 0.125 e. The van der Waals surface area contributed by atoms with Gasteiger partial charge in [-0.15, -0.1) is 11.8 Å². The lowest BCUT2D eigenvalue weighted by atomic mass is 10.1. The molecule has 0 nitrogen and oxygen atoms in total. The first-order valence-corrected chi connectivity index (χ1v) is 6.81. The van der Waals surface area contributed by atoms with Gasteiger partial charge in [0.25, 0.3) is 0 Å². The van der Waals surface area contributed by atoms with Gasteiger partial charge in [-0.25, -0.2) is 0 Å². The summed E-state index contributed by atoms with van der Waals surface area (Å²) in [6.45, 7) is 0. The third kappa shape index (κ3) is 2.29. The minimum atomic E-state index is 1.08. The monoisotopic (exact) mass is 256 g/mol. The van der Waals surface area contributed by atoms with E-state index in [4.69, 9.17) is 0 Å². The standard InChI is InChI=1S/C11H13BrS/c12-6-7-13-11-5-4-9-2-1-3-10(9)8-11/h4-5,8H,1-3,6-7H2. The fraction of sp³-hybridized carbons (Fsp3) is 0.455. The molecular formula is C11H13BrS. The molecule has 1 aliphatic rings. The van der Waals surface area contributed by atoms with Crippen LogP contribution in [-0.4, -0.2) is 11.1 Å². The molecule has 0 radical (unpaired) electrons. The van der Waals surface area contributed by atoms with E-state index in [1.54, 1.807) is 11.1 Å². The van der Waals surface area contributed by atoms with Crippen molar-refractivity contribution in [3.63, 3.8) is 0 Å². The first-order valence-electron chi connectivity index (χ1n) is 4.71. The highest BCUT2D eigenvalue weighted by atomic mass is 79.9. The lowest BCUT2D eigenvalue weighted by Gasteiger charge is -2.03. The summed E-state index contributed by atoms with van der Waals surface area (Å²) < 4.78 is 0. The van der Waals surface area contributed by atoms with E-state index in [1.165, 1.54) is 29.9 Å². The van der Waals surface area contributed by atoms with E-state index in [2.05, 4.69) is 34.1 Å². The van der Waals surface area contributed by atoms with Crippen molar-refractivity contribution in [2.75, 3.05) is 11.1 Å². The van der Waals surface area contributed by atoms with Crippen LogP contribution in [0.25, 0.3) is 0 Å². The molecule has 13 heavy (non-hydrogen) atoms. The van der Waals surface area contributed by atoms with Crippen LogP contribution in [0, 0.1) is 0 Å². The van der Waals surface area contributed by atoms with Crippen LogP contribution in [-0.2, 0) is 12.8 Å². The van der Waals surface area contributed by atoms with Crippen LogP contribution >= 0.6 is 27.7 Å². The van der Waals surface area contributed by atoms with E-state index < -0.39 is 0 Å². The van der Waals surface area contributed by atoms with Gasteiger partial charge in [0.05, 0.1) is 0 Å². The van der Waals surface area contributed by atoms with Crippen LogP contribution in [0.3, 0.4) is 0 Å². The van der Waals surface area contributed by atoms with E-state index in [0.29, 0.717) is 0 Å². The second-order valence-corrected chi connectivity index (χ2v) is 5.28. The summed E-state index contributed by atoms with van der Waals surface area (Å²) in [5, 5.41) is 1.08. The zero-order valence-electron chi connectivity index (χ0n) is 7.55. The van der Waals surface area contributed by atoms with Crippen LogP contribution in [0.2, 0.25) is 0 Å². The Morgan fingerprint density at radius 2 is 2.08 bits per heavy atom. The lowest BCUT2D eigenvalue weighted by Crippen LogP contribution is -1.84. The number of hydrogen-bond donors (Lipinski definition) is 0. The highest BCUT2D eigenvalue weighted by molar-refractivity contribution is 9.09. The molecule has 1 aliphatic carbocycles. The van der Waals surface area contributed by atoms with Gasteiger partial charge in [-0.05, 0) is 42.5 Å². The smallest absolute Gasteiger partial charge is 0.0126 e. The van der Waals surface area contributed by atoms with Gasteiger partial charge in [-0.1, -0.05) is 22.0 Å². The highest BCUT2D eigenvalue weighted by Gasteiger charge is 2.10. The predicted octanol–water partition coefficient (Wildman–Crippen LogP) is 3.66. The summed E-state index contributed by atoms with van der Waals surface area (Å²) in [6, 6.07) is 6.94. The molecule has 0 saturated carbocycles. The minimum absolute atomic E-state index is 1.08. The number of thioether (sulfide) groups is 1. The minimum Gasteiger partial charge on any atom is -0.125 e. The van der Waals surface area contributed by atoms with Gasteiger partial charge in [0.2, 0.25) is 0 Å². The molecule has 0 aromatic heterocycles. The maximum atomic E-state index is 3.45. The topological polar surface area (TPSA) is 0 Å². The Balaban J connectivity index is 2.12. The number of halogens is 1. The van der Waals surface area contributed by atoms with Crippen LogP contribution in [0.1, 0.15) is 17.5 Å². The molecule has 0 aliphatic heterocycles. The number of hydrogen-bond acceptors (Lipinski definition) is 1. The fourth-order valence-electron chi connectivity index (χ4n) is 1.79. The Morgan fingerprint density at radius 1 is 1.23 bits per heavy atom. The SMILES string of the molecule is BrCCSc1ccc2c(c1)CCC2. The fourth-order valence-corrected chi connectivity index (χ4v) is 2.98. The molecule has 0 N–H and O–H groups in total. The number of aryl methyl sites for hydroxylation is 2. The lowest BCUT2D eigenvalue weighted by molar-refractivity contribution is 0.911. The molecule has 0 saturated heterocycles. The van der Waals surface area contributed by atoms with Gasteiger partial charge in [0.1, 0.15) is 0 Å². The van der Waals surface area contributed by atoms with Crippen molar-refractivity contribution in [3.8, 4) is 0 Å². The van der Waals surface area contributed by atoms with Crippen molar-refractivity contribution >= 4 is 27.7 Å². The molecule has 1 aromatic rings. The molecule has 0 atom stereocenters. The van der Waals surface area contributed by atoms with Crippen LogP contribution in [0.4, 0.5) is 0 Å². The van der Waals surface area contributed by atoms with E-state index in [1.807, 2.05) is 11.8 Å². The highest BCUT2D eigenvalue weighted by Crippen LogP contribution is 2.27. The van der Waals surface area contributed by atoms with Crippen LogP contribution in [0.5, 0.6) is 0 Å². The average Bonchev–Trinajstić information content (AvgIpc) is 2.61. The second kappa shape index (κ2) is 4.52. The zero-order valence-corrected chi connectivity index (χ0v) is 9.96. The molecular weight excluding hydrogens is 244 g/mol. The van der Waals surface area contributed by atoms with E-state index >= 15 is 0 Å². The van der Waals surface area contributed by atoms with Gasteiger partial charge in [-0.3, -0.25) is 0 Å². The predicted molar refractivity (Wildman–Crippen MR) is 63.0 cm³/mol. The Kier molecular flexibility index (Phi) is 3.33. The van der Waals surface area contributed by atoms with Crippen molar-refractivity contribution in [1.82, 2.24) is 0 Å². The molecule has 0 fully saturated rings. The Bertz CT molecular complexity index is 296. The second-order valence-electron chi connectivity index (χ2n) is 3.32.